The van der Waals surface area contributed by atoms with Crippen LogP contribution in [0.4, 0.5) is 0 Å². The average Bonchev–Trinajstić information content (AvgIpc) is 1.96. The molecule has 94 valence electrons. The minimum atomic E-state index is -0.0867. The van der Waals surface area contributed by atoms with Gasteiger partial charge in [0.2, 0.25) is 5.91 Å². The summed E-state index contributed by atoms with van der Waals surface area (Å²) in [5.41, 5.74) is 0. The molecule has 0 aromatic carbocycles. The quantitative estimate of drug-likeness (QED) is 0.290. The SMILES string of the molecule is C=CC(=O)NCCC[N+](C)(C)C.[Cl-].[Cl-].[NH4+]. The highest BCUT2D eigenvalue weighted by Gasteiger charge is 2.05. The van der Waals surface area contributed by atoms with E-state index in [0.29, 0.717) is 0 Å². The van der Waals surface area contributed by atoms with Gasteiger partial charge in [0.1, 0.15) is 0 Å². The second-order valence-electron chi connectivity index (χ2n) is 3.86. The number of amides is 1. The van der Waals surface area contributed by atoms with Crippen LogP contribution in [0.15, 0.2) is 12.7 Å². The summed E-state index contributed by atoms with van der Waals surface area (Å²) < 4.78 is 0.934. The van der Waals surface area contributed by atoms with E-state index in [-0.39, 0.29) is 36.9 Å². The Kier molecular flexibility index (Phi) is 18.9. The van der Waals surface area contributed by atoms with Crippen molar-refractivity contribution in [1.82, 2.24) is 11.5 Å². The highest BCUT2D eigenvalue weighted by Crippen LogP contribution is 1.91. The van der Waals surface area contributed by atoms with Crippen LogP contribution in [0.5, 0.6) is 0 Å². The maximum atomic E-state index is 10.7. The molecular formula is C9H23Cl2N3O. The number of carbonyl (C=O) groups is 1. The third-order valence-electron chi connectivity index (χ3n) is 1.49. The van der Waals surface area contributed by atoms with Gasteiger partial charge < -0.3 is 40.8 Å². The molecule has 1 amide bonds. The lowest BCUT2D eigenvalue weighted by Crippen LogP contribution is -3.00. The summed E-state index contributed by atoms with van der Waals surface area (Å²) in [6.07, 6.45) is 2.30. The van der Waals surface area contributed by atoms with E-state index in [9.17, 15) is 4.79 Å². The number of halogens is 2. The first-order valence-electron chi connectivity index (χ1n) is 4.16. The standard InChI is InChI=1S/C9H18N2O.2ClH.H3N/c1-5-9(12)10-7-6-8-11(2,3)4;;;/h5H,1,6-8H2,2-4H3;2*1H;1H3. The molecule has 6 heteroatoms. The zero-order chi connectivity index (χ0) is 9.61. The predicted octanol–water partition coefficient (Wildman–Crippen LogP) is -5.23. The summed E-state index contributed by atoms with van der Waals surface area (Å²) in [4.78, 5) is 10.7. The second-order valence-corrected chi connectivity index (χ2v) is 3.86. The Labute approximate surface area is 105 Å². The molecule has 0 spiro atoms. The molecular weight excluding hydrogens is 237 g/mol. The number of hydrogen-bond donors (Lipinski definition) is 2. The van der Waals surface area contributed by atoms with E-state index in [2.05, 4.69) is 33.0 Å². The molecule has 0 fully saturated rings. The highest BCUT2D eigenvalue weighted by molar-refractivity contribution is 5.86. The van der Waals surface area contributed by atoms with Crippen LogP contribution >= 0.6 is 0 Å². The van der Waals surface area contributed by atoms with Crippen LogP contribution in [0.2, 0.25) is 0 Å². The molecule has 0 bridgehead atoms. The summed E-state index contributed by atoms with van der Waals surface area (Å²) in [5, 5.41) is 2.74. The second kappa shape index (κ2) is 11.8. The van der Waals surface area contributed by atoms with E-state index in [0.717, 1.165) is 24.0 Å². The van der Waals surface area contributed by atoms with Crippen molar-refractivity contribution in [2.24, 2.45) is 0 Å². The molecule has 0 atom stereocenters. The normalized spacial score (nSPS) is 8.73. The summed E-state index contributed by atoms with van der Waals surface area (Å²) in [7, 11) is 6.40. The van der Waals surface area contributed by atoms with Crippen LogP contribution in [0.1, 0.15) is 6.42 Å². The Hall–Kier alpha value is -0.290. The molecule has 0 aliphatic carbocycles. The smallest absolute Gasteiger partial charge is 0.243 e. The Bertz CT molecular complexity index is 169. The van der Waals surface area contributed by atoms with E-state index in [1.807, 2.05) is 0 Å². The summed E-state index contributed by atoms with van der Waals surface area (Å²) in [6, 6.07) is 0. The first-order valence-corrected chi connectivity index (χ1v) is 4.16. The van der Waals surface area contributed by atoms with Crippen LogP contribution in [-0.2, 0) is 4.79 Å². The largest absolute Gasteiger partial charge is 1.00 e. The molecule has 0 radical (unpaired) electrons. The zero-order valence-electron chi connectivity index (χ0n) is 10.0. The van der Waals surface area contributed by atoms with Gasteiger partial charge in [0, 0.05) is 13.0 Å². The molecule has 0 aliphatic rings. The fourth-order valence-electron chi connectivity index (χ4n) is 0.837. The van der Waals surface area contributed by atoms with E-state index >= 15 is 0 Å². The monoisotopic (exact) mass is 259 g/mol. The van der Waals surface area contributed by atoms with Crippen LogP contribution in [0.25, 0.3) is 0 Å². The number of rotatable bonds is 5. The van der Waals surface area contributed by atoms with Crippen molar-refractivity contribution in [3.63, 3.8) is 0 Å². The van der Waals surface area contributed by atoms with Crippen LogP contribution in [0, 0.1) is 0 Å². The van der Waals surface area contributed by atoms with Gasteiger partial charge in [-0.05, 0) is 6.08 Å². The van der Waals surface area contributed by atoms with Crippen molar-refractivity contribution in [3.8, 4) is 0 Å². The van der Waals surface area contributed by atoms with Crippen molar-refractivity contribution >= 4 is 5.91 Å². The van der Waals surface area contributed by atoms with Gasteiger partial charge in [-0.25, -0.2) is 0 Å². The highest BCUT2D eigenvalue weighted by atomic mass is 35.5. The molecule has 4 nitrogen and oxygen atoms in total. The molecule has 0 heterocycles. The Balaban J connectivity index is -0.000000202. The van der Waals surface area contributed by atoms with Crippen molar-refractivity contribution in [1.29, 1.82) is 0 Å². The fourth-order valence-corrected chi connectivity index (χ4v) is 0.837. The van der Waals surface area contributed by atoms with Gasteiger partial charge >= 0.3 is 0 Å². The summed E-state index contributed by atoms with van der Waals surface area (Å²) in [5.74, 6) is -0.0867. The number of nitrogens with one attached hydrogen (secondary N) is 1. The van der Waals surface area contributed by atoms with Crippen molar-refractivity contribution in [2.75, 3.05) is 34.2 Å². The predicted molar refractivity (Wildman–Crippen MR) is 56.7 cm³/mol. The van der Waals surface area contributed by atoms with Gasteiger partial charge in [-0.1, -0.05) is 6.58 Å². The maximum Gasteiger partial charge on any atom is 0.243 e. The van der Waals surface area contributed by atoms with Crippen LogP contribution in [0.3, 0.4) is 0 Å². The topological polar surface area (TPSA) is 65.6 Å². The molecule has 0 aromatic rings. The van der Waals surface area contributed by atoms with Crippen molar-refractivity contribution < 1.29 is 34.1 Å². The van der Waals surface area contributed by atoms with Gasteiger partial charge in [-0.15, -0.1) is 0 Å². The van der Waals surface area contributed by atoms with Gasteiger partial charge in [-0.3, -0.25) is 4.79 Å². The van der Waals surface area contributed by atoms with Crippen molar-refractivity contribution in [3.05, 3.63) is 12.7 Å². The van der Waals surface area contributed by atoms with Crippen molar-refractivity contribution in [2.45, 2.75) is 6.42 Å². The minimum Gasteiger partial charge on any atom is -1.00 e. The van der Waals surface area contributed by atoms with E-state index < -0.39 is 0 Å². The molecule has 5 N–H and O–H groups in total. The third-order valence-corrected chi connectivity index (χ3v) is 1.49. The number of carbonyl (C=O) groups excluding carboxylic acids is 1. The van der Waals surface area contributed by atoms with Crippen LogP contribution < -0.4 is 36.3 Å². The molecule has 0 saturated carbocycles. The third kappa shape index (κ3) is 19.9. The number of quaternary nitrogens is 2. The maximum absolute atomic E-state index is 10.7. The molecule has 0 aromatic heterocycles. The lowest BCUT2D eigenvalue weighted by Gasteiger charge is -2.23. The zero-order valence-corrected chi connectivity index (χ0v) is 11.5. The van der Waals surface area contributed by atoms with Gasteiger partial charge in [0.15, 0.2) is 0 Å². The molecule has 15 heavy (non-hydrogen) atoms. The summed E-state index contributed by atoms with van der Waals surface area (Å²) >= 11 is 0. The van der Waals surface area contributed by atoms with Crippen LogP contribution in [-0.4, -0.2) is 44.6 Å². The number of hydrogen-bond acceptors (Lipinski definition) is 1. The Morgan fingerprint density at radius 2 is 1.80 bits per heavy atom. The Morgan fingerprint density at radius 3 is 2.13 bits per heavy atom. The average molecular weight is 260 g/mol. The number of nitrogens with zero attached hydrogens (tertiary/aromatic N) is 1. The first-order chi connectivity index (χ1) is 5.45. The van der Waals surface area contributed by atoms with Gasteiger partial charge in [0.05, 0.1) is 27.7 Å². The molecule has 0 saturated heterocycles. The van der Waals surface area contributed by atoms with E-state index in [4.69, 9.17) is 0 Å². The molecule has 0 aliphatic heterocycles. The van der Waals surface area contributed by atoms with E-state index in [1.54, 1.807) is 0 Å². The van der Waals surface area contributed by atoms with Gasteiger partial charge in [0.25, 0.3) is 0 Å². The lowest BCUT2D eigenvalue weighted by atomic mass is 10.3. The summed E-state index contributed by atoms with van der Waals surface area (Å²) in [6.45, 7) is 5.18. The molecule has 0 unspecified atom stereocenters. The Morgan fingerprint density at radius 1 is 1.33 bits per heavy atom. The molecule has 0 rings (SSSR count). The fraction of sp³-hybridized carbons (Fsp3) is 0.667. The van der Waals surface area contributed by atoms with E-state index in [1.165, 1.54) is 6.08 Å². The lowest BCUT2D eigenvalue weighted by molar-refractivity contribution is -0.870. The van der Waals surface area contributed by atoms with Gasteiger partial charge in [-0.2, -0.15) is 0 Å². The minimum absolute atomic E-state index is 0. The first kappa shape index (κ1) is 24.1.